The standard InChI is InChI=1S/C19H19BrCl2N2O3S/c20-15-6-4-13(5-7-15)12-28(26,27)24-10-8-14(9-11-24)19(25)23-17-3-1-2-16(21)18(17)22/h1-7,14H,8-12H2,(H,23,25). The lowest BCUT2D eigenvalue weighted by atomic mass is 9.97. The highest BCUT2D eigenvalue weighted by Gasteiger charge is 2.31. The van der Waals surface area contributed by atoms with E-state index in [0.29, 0.717) is 41.7 Å². The Bertz CT molecular complexity index is 960. The molecule has 1 aliphatic rings. The zero-order valence-electron chi connectivity index (χ0n) is 14.9. The average Bonchev–Trinajstić information content (AvgIpc) is 2.67. The van der Waals surface area contributed by atoms with Crippen molar-refractivity contribution in [2.45, 2.75) is 18.6 Å². The highest BCUT2D eigenvalue weighted by atomic mass is 79.9. The molecule has 2 aromatic rings. The number of hydrogen-bond acceptors (Lipinski definition) is 3. The molecule has 28 heavy (non-hydrogen) atoms. The second-order valence-corrected chi connectivity index (χ2v) is 10.3. The van der Waals surface area contributed by atoms with Crippen LogP contribution in [0.4, 0.5) is 5.69 Å². The van der Waals surface area contributed by atoms with E-state index >= 15 is 0 Å². The Hall–Kier alpha value is -1.12. The summed E-state index contributed by atoms with van der Waals surface area (Å²) in [6.07, 6.45) is 0.924. The summed E-state index contributed by atoms with van der Waals surface area (Å²) in [7, 11) is -3.42. The van der Waals surface area contributed by atoms with Gasteiger partial charge in [0.25, 0.3) is 0 Å². The summed E-state index contributed by atoms with van der Waals surface area (Å²) < 4.78 is 27.7. The van der Waals surface area contributed by atoms with Gasteiger partial charge in [-0.2, -0.15) is 0 Å². The summed E-state index contributed by atoms with van der Waals surface area (Å²) >= 11 is 15.4. The molecule has 1 saturated heterocycles. The van der Waals surface area contributed by atoms with E-state index in [2.05, 4.69) is 21.2 Å². The molecule has 5 nitrogen and oxygen atoms in total. The third-order valence-corrected chi connectivity index (χ3v) is 7.89. The SMILES string of the molecule is O=C(Nc1cccc(Cl)c1Cl)C1CCN(S(=O)(=O)Cc2ccc(Br)cc2)CC1. The number of halogens is 3. The van der Waals surface area contributed by atoms with Crippen LogP contribution in [0.3, 0.4) is 0 Å². The molecule has 3 rings (SSSR count). The maximum atomic E-state index is 12.7. The van der Waals surface area contributed by atoms with E-state index in [9.17, 15) is 13.2 Å². The normalized spacial score (nSPS) is 16.1. The van der Waals surface area contributed by atoms with Crippen LogP contribution in [0.2, 0.25) is 10.0 Å². The summed E-state index contributed by atoms with van der Waals surface area (Å²) in [5, 5.41) is 3.46. The van der Waals surface area contributed by atoms with E-state index in [0.717, 1.165) is 10.0 Å². The molecule has 1 heterocycles. The van der Waals surface area contributed by atoms with E-state index in [-0.39, 0.29) is 17.6 Å². The molecule has 0 aromatic heterocycles. The predicted octanol–water partition coefficient (Wildman–Crippen LogP) is 4.94. The third kappa shape index (κ3) is 5.27. The van der Waals surface area contributed by atoms with Crippen molar-refractivity contribution in [3.63, 3.8) is 0 Å². The van der Waals surface area contributed by atoms with E-state index in [4.69, 9.17) is 23.2 Å². The first-order chi connectivity index (χ1) is 13.3. The van der Waals surface area contributed by atoms with Crippen molar-refractivity contribution in [3.8, 4) is 0 Å². The molecule has 9 heteroatoms. The number of carbonyl (C=O) groups excluding carboxylic acids is 1. The quantitative estimate of drug-likeness (QED) is 0.626. The second-order valence-electron chi connectivity index (χ2n) is 6.65. The fourth-order valence-electron chi connectivity index (χ4n) is 3.11. The van der Waals surface area contributed by atoms with Crippen molar-refractivity contribution in [2.24, 2.45) is 5.92 Å². The van der Waals surface area contributed by atoms with Gasteiger partial charge in [-0.3, -0.25) is 4.79 Å². The minimum Gasteiger partial charge on any atom is -0.324 e. The molecule has 0 radical (unpaired) electrons. The molecule has 0 atom stereocenters. The first-order valence-electron chi connectivity index (χ1n) is 8.73. The van der Waals surface area contributed by atoms with Crippen molar-refractivity contribution in [1.82, 2.24) is 4.31 Å². The van der Waals surface area contributed by atoms with Crippen molar-refractivity contribution in [1.29, 1.82) is 0 Å². The monoisotopic (exact) mass is 504 g/mol. The number of nitrogens with one attached hydrogen (secondary N) is 1. The van der Waals surface area contributed by atoms with Gasteiger partial charge in [0.2, 0.25) is 15.9 Å². The highest BCUT2D eigenvalue weighted by molar-refractivity contribution is 9.10. The number of piperidine rings is 1. The first kappa shape index (κ1) is 21.6. The van der Waals surface area contributed by atoms with Crippen LogP contribution in [0.1, 0.15) is 18.4 Å². The molecule has 1 aliphatic heterocycles. The molecule has 0 bridgehead atoms. The van der Waals surface area contributed by atoms with Gasteiger partial charge in [0.1, 0.15) is 0 Å². The molecule has 1 amide bonds. The molecule has 0 unspecified atom stereocenters. The Morgan fingerprint density at radius 2 is 1.75 bits per heavy atom. The number of carbonyl (C=O) groups is 1. The zero-order chi connectivity index (χ0) is 20.3. The topological polar surface area (TPSA) is 66.5 Å². The lowest BCUT2D eigenvalue weighted by Crippen LogP contribution is -2.41. The molecule has 150 valence electrons. The smallest absolute Gasteiger partial charge is 0.227 e. The predicted molar refractivity (Wildman–Crippen MR) is 116 cm³/mol. The van der Waals surface area contributed by atoms with Crippen molar-refractivity contribution in [3.05, 3.63) is 62.5 Å². The van der Waals surface area contributed by atoms with Gasteiger partial charge in [-0.15, -0.1) is 0 Å². The van der Waals surface area contributed by atoms with Gasteiger partial charge in [-0.25, -0.2) is 12.7 Å². The van der Waals surface area contributed by atoms with E-state index < -0.39 is 10.0 Å². The number of amides is 1. The zero-order valence-corrected chi connectivity index (χ0v) is 18.8. The molecular formula is C19H19BrCl2N2O3S. The maximum Gasteiger partial charge on any atom is 0.227 e. The van der Waals surface area contributed by atoms with Crippen molar-refractivity contribution < 1.29 is 13.2 Å². The van der Waals surface area contributed by atoms with Gasteiger partial charge < -0.3 is 5.32 Å². The molecule has 0 aliphatic carbocycles. The van der Waals surface area contributed by atoms with Gasteiger partial charge in [0.05, 0.1) is 21.5 Å². The highest BCUT2D eigenvalue weighted by Crippen LogP contribution is 2.31. The minimum absolute atomic E-state index is 0.0464. The maximum absolute atomic E-state index is 12.7. The third-order valence-electron chi connectivity index (χ3n) is 4.69. The summed E-state index contributed by atoms with van der Waals surface area (Å²) in [5.41, 5.74) is 1.20. The minimum atomic E-state index is -3.42. The van der Waals surface area contributed by atoms with Gasteiger partial charge >= 0.3 is 0 Å². The summed E-state index contributed by atoms with van der Waals surface area (Å²) in [5.74, 6) is -0.488. The Balaban J connectivity index is 1.58. The molecule has 2 aromatic carbocycles. The first-order valence-corrected chi connectivity index (χ1v) is 11.9. The number of sulfonamides is 1. The number of hydrogen-bond donors (Lipinski definition) is 1. The number of anilines is 1. The van der Waals surface area contributed by atoms with Gasteiger partial charge in [0, 0.05) is 23.5 Å². The van der Waals surface area contributed by atoms with Crippen LogP contribution in [0, 0.1) is 5.92 Å². The van der Waals surface area contributed by atoms with E-state index in [1.165, 1.54) is 4.31 Å². The van der Waals surface area contributed by atoms with Crippen LogP contribution < -0.4 is 5.32 Å². The number of rotatable bonds is 5. The van der Waals surface area contributed by atoms with E-state index in [1.807, 2.05) is 12.1 Å². The van der Waals surface area contributed by atoms with Crippen molar-refractivity contribution in [2.75, 3.05) is 18.4 Å². The fourth-order valence-corrected chi connectivity index (χ4v) is 5.29. The van der Waals surface area contributed by atoms with Gasteiger partial charge in [-0.05, 0) is 42.7 Å². The van der Waals surface area contributed by atoms with Gasteiger partial charge in [0.15, 0.2) is 0 Å². The summed E-state index contributed by atoms with van der Waals surface area (Å²) in [6, 6.07) is 12.3. The van der Waals surface area contributed by atoms with Crippen LogP contribution in [-0.4, -0.2) is 31.7 Å². The molecule has 1 fully saturated rings. The lowest BCUT2D eigenvalue weighted by molar-refractivity contribution is -0.120. The van der Waals surface area contributed by atoms with Gasteiger partial charge in [-0.1, -0.05) is 57.3 Å². The fraction of sp³-hybridized carbons (Fsp3) is 0.316. The summed E-state index contributed by atoms with van der Waals surface area (Å²) in [6.45, 7) is 0.639. The van der Waals surface area contributed by atoms with Crippen LogP contribution in [-0.2, 0) is 20.6 Å². The van der Waals surface area contributed by atoms with Crippen LogP contribution >= 0.6 is 39.1 Å². The molecule has 1 N–H and O–H groups in total. The Morgan fingerprint density at radius 1 is 1.11 bits per heavy atom. The largest absolute Gasteiger partial charge is 0.324 e. The molecule has 0 spiro atoms. The Morgan fingerprint density at radius 3 is 2.39 bits per heavy atom. The molecule has 0 saturated carbocycles. The van der Waals surface area contributed by atoms with Crippen LogP contribution in [0.15, 0.2) is 46.9 Å². The van der Waals surface area contributed by atoms with E-state index in [1.54, 1.807) is 30.3 Å². The van der Waals surface area contributed by atoms with Crippen molar-refractivity contribution >= 4 is 60.7 Å². The number of nitrogens with zero attached hydrogens (tertiary/aromatic N) is 1. The Labute approximate surface area is 183 Å². The average molecular weight is 506 g/mol. The summed E-state index contributed by atoms with van der Waals surface area (Å²) in [4.78, 5) is 12.5. The van der Waals surface area contributed by atoms with Crippen LogP contribution in [0.5, 0.6) is 0 Å². The molecular weight excluding hydrogens is 487 g/mol. The Kier molecular flexibility index (Phi) is 7.04. The number of benzene rings is 2. The lowest BCUT2D eigenvalue weighted by Gasteiger charge is -2.30. The second kappa shape index (κ2) is 9.13. The van der Waals surface area contributed by atoms with Crippen LogP contribution in [0.25, 0.3) is 0 Å².